The van der Waals surface area contributed by atoms with E-state index < -0.39 is 0 Å². The van der Waals surface area contributed by atoms with Gasteiger partial charge in [-0.3, -0.25) is 4.90 Å². The molecular formula is C16H31NO. The molecule has 106 valence electrons. The Morgan fingerprint density at radius 1 is 1.33 bits per heavy atom. The molecule has 0 aromatic carbocycles. The number of hydrogen-bond donors (Lipinski definition) is 0. The summed E-state index contributed by atoms with van der Waals surface area (Å²) in [5.74, 6) is 0.683. The number of rotatable bonds is 8. The standard InChI is InChI=1S/C16H31NO/c1-5-10-16(4,13-18)12-17(11-14(2)3)15-8-6-7-9-15/h13-15H,5-12H2,1-4H3. The maximum atomic E-state index is 11.4. The number of carbonyl (C=O) groups excluding carboxylic acids is 1. The molecular weight excluding hydrogens is 222 g/mol. The Bertz CT molecular complexity index is 245. The normalized spacial score (nSPS) is 20.6. The molecule has 1 atom stereocenters. The molecule has 2 heteroatoms. The minimum atomic E-state index is -0.147. The molecule has 0 radical (unpaired) electrons. The zero-order valence-corrected chi connectivity index (χ0v) is 12.7. The first-order chi connectivity index (χ1) is 8.50. The molecule has 0 bridgehead atoms. The molecule has 1 aliphatic rings. The highest BCUT2D eigenvalue weighted by atomic mass is 16.1. The average molecular weight is 253 g/mol. The summed E-state index contributed by atoms with van der Waals surface area (Å²) in [4.78, 5) is 14.0. The lowest BCUT2D eigenvalue weighted by Crippen LogP contribution is -2.44. The molecule has 1 unspecified atom stereocenters. The second kappa shape index (κ2) is 7.28. The van der Waals surface area contributed by atoms with Gasteiger partial charge in [-0.2, -0.15) is 0 Å². The summed E-state index contributed by atoms with van der Waals surface area (Å²) in [6.07, 6.45) is 8.68. The molecule has 18 heavy (non-hydrogen) atoms. The Morgan fingerprint density at radius 2 is 1.94 bits per heavy atom. The van der Waals surface area contributed by atoms with Crippen LogP contribution in [0.2, 0.25) is 0 Å². The highest BCUT2D eigenvalue weighted by Gasteiger charge is 2.31. The minimum Gasteiger partial charge on any atom is -0.303 e. The Kier molecular flexibility index (Phi) is 6.34. The first-order valence-electron chi connectivity index (χ1n) is 7.71. The lowest BCUT2D eigenvalue weighted by molar-refractivity contribution is -0.117. The van der Waals surface area contributed by atoms with Crippen LogP contribution in [-0.2, 0) is 4.79 Å². The molecule has 1 fully saturated rings. The van der Waals surface area contributed by atoms with Gasteiger partial charge in [0.2, 0.25) is 0 Å². The lowest BCUT2D eigenvalue weighted by Gasteiger charge is -2.36. The van der Waals surface area contributed by atoms with E-state index in [-0.39, 0.29) is 5.41 Å². The van der Waals surface area contributed by atoms with Crippen molar-refractivity contribution >= 4 is 6.29 Å². The monoisotopic (exact) mass is 253 g/mol. The second-order valence-corrected chi connectivity index (χ2v) is 6.78. The molecule has 1 aliphatic carbocycles. The predicted molar refractivity (Wildman–Crippen MR) is 77.7 cm³/mol. The van der Waals surface area contributed by atoms with Gasteiger partial charge in [0, 0.05) is 24.5 Å². The van der Waals surface area contributed by atoms with Crippen LogP contribution in [-0.4, -0.2) is 30.3 Å². The van der Waals surface area contributed by atoms with Crippen LogP contribution in [0.4, 0.5) is 0 Å². The van der Waals surface area contributed by atoms with Crippen molar-refractivity contribution in [2.24, 2.45) is 11.3 Å². The number of aldehydes is 1. The Labute approximate surface area is 113 Å². The van der Waals surface area contributed by atoms with Gasteiger partial charge in [0.25, 0.3) is 0 Å². The van der Waals surface area contributed by atoms with Crippen LogP contribution in [0.15, 0.2) is 0 Å². The Hall–Kier alpha value is -0.370. The van der Waals surface area contributed by atoms with Crippen molar-refractivity contribution < 1.29 is 4.79 Å². The van der Waals surface area contributed by atoms with Gasteiger partial charge in [0.15, 0.2) is 0 Å². The van der Waals surface area contributed by atoms with Crippen LogP contribution in [0.5, 0.6) is 0 Å². The van der Waals surface area contributed by atoms with Crippen LogP contribution in [0.3, 0.4) is 0 Å². The van der Waals surface area contributed by atoms with Crippen LogP contribution < -0.4 is 0 Å². The first kappa shape index (κ1) is 15.7. The van der Waals surface area contributed by atoms with E-state index in [1.165, 1.54) is 32.0 Å². The molecule has 1 saturated carbocycles. The maximum Gasteiger partial charge on any atom is 0.127 e. The minimum absolute atomic E-state index is 0.147. The van der Waals surface area contributed by atoms with E-state index in [4.69, 9.17) is 0 Å². The van der Waals surface area contributed by atoms with E-state index in [0.29, 0.717) is 5.92 Å². The van der Waals surface area contributed by atoms with Gasteiger partial charge in [-0.15, -0.1) is 0 Å². The summed E-state index contributed by atoms with van der Waals surface area (Å²) in [5, 5.41) is 0. The van der Waals surface area contributed by atoms with Crippen LogP contribution >= 0.6 is 0 Å². The third-order valence-corrected chi connectivity index (χ3v) is 4.11. The molecule has 0 N–H and O–H groups in total. The molecule has 0 spiro atoms. The fraction of sp³-hybridized carbons (Fsp3) is 0.938. The number of nitrogens with zero attached hydrogens (tertiary/aromatic N) is 1. The summed E-state index contributed by atoms with van der Waals surface area (Å²) in [6, 6.07) is 0.725. The van der Waals surface area contributed by atoms with Gasteiger partial charge < -0.3 is 4.79 Å². The van der Waals surface area contributed by atoms with Crippen molar-refractivity contribution in [1.29, 1.82) is 0 Å². The molecule has 0 amide bonds. The van der Waals surface area contributed by atoms with Crippen LogP contribution in [0.1, 0.15) is 66.2 Å². The molecule has 0 aliphatic heterocycles. The zero-order chi connectivity index (χ0) is 13.6. The van der Waals surface area contributed by atoms with Crippen molar-refractivity contribution in [3.05, 3.63) is 0 Å². The Morgan fingerprint density at radius 3 is 2.39 bits per heavy atom. The first-order valence-corrected chi connectivity index (χ1v) is 7.71. The lowest BCUT2D eigenvalue weighted by atomic mass is 9.86. The summed E-state index contributed by atoms with van der Waals surface area (Å²) >= 11 is 0. The Balaban J connectivity index is 2.66. The fourth-order valence-electron chi connectivity index (χ4n) is 3.29. The van der Waals surface area contributed by atoms with E-state index in [2.05, 4.69) is 32.6 Å². The quantitative estimate of drug-likeness (QED) is 0.612. The number of hydrogen-bond acceptors (Lipinski definition) is 2. The third-order valence-electron chi connectivity index (χ3n) is 4.11. The van der Waals surface area contributed by atoms with Gasteiger partial charge in [0.05, 0.1) is 0 Å². The predicted octanol–water partition coefficient (Wildman–Crippen LogP) is 3.89. The van der Waals surface area contributed by atoms with Crippen molar-refractivity contribution in [2.75, 3.05) is 13.1 Å². The smallest absolute Gasteiger partial charge is 0.127 e. The van der Waals surface area contributed by atoms with E-state index in [1.54, 1.807) is 0 Å². The zero-order valence-electron chi connectivity index (χ0n) is 12.7. The van der Waals surface area contributed by atoms with Crippen molar-refractivity contribution in [3.8, 4) is 0 Å². The maximum absolute atomic E-state index is 11.4. The topological polar surface area (TPSA) is 20.3 Å². The van der Waals surface area contributed by atoms with Gasteiger partial charge in [-0.05, 0) is 25.2 Å². The van der Waals surface area contributed by atoms with E-state index in [0.717, 1.165) is 32.0 Å². The molecule has 0 aromatic heterocycles. The average Bonchev–Trinajstić information content (AvgIpc) is 2.81. The SMILES string of the molecule is CCCC(C)(C=O)CN(CC(C)C)C1CCCC1. The van der Waals surface area contributed by atoms with Gasteiger partial charge in [0.1, 0.15) is 6.29 Å². The van der Waals surface area contributed by atoms with Crippen molar-refractivity contribution in [2.45, 2.75) is 72.3 Å². The molecule has 0 aromatic rings. The van der Waals surface area contributed by atoms with Gasteiger partial charge >= 0.3 is 0 Å². The van der Waals surface area contributed by atoms with E-state index >= 15 is 0 Å². The highest BCUT2D eigenvalue weighted by Crippen LogP contribution is 2.29. The summed E-state index contributed by atoms with van der Waals surface area (Å²) in [7, 11) is 0. The largest absolute Gasteiger partial charge is 0.303 e. The highest BCUT2D eigenvalue weighted by molar-refractivity contribution is 5.59. The fourth-order valence-corrected chi connectivity index (χ4v) is 3.29. The summed E-state index contributed by atoms with van der Waals surface area (Å²) < 4.78 is 0. The van der Waals surface area contributed by atoms with Crippen molar-refractivity contribution in [1.82, 2.24) is 4.90 Å². The second-order valence-electron chi connectivity index (χ2n) is 6.78. The van der Waals surface area contributed by atoms with E-state index in [1.807, 2.05) is 0 Å². The molecule has 0 saturated heterocycles. The molecule has 0 heterocycles. The number of carbonyl (C=O) groups is 1. The van der Waals surface area contributed by atoms with Crippen LogP contribution in [0.25, 0.3) is 0 Å². The molecule has 2 nitrogen and oxygen atoms in total. The third kappa shape index (κ3) is 4.72. The molecule has 1 rings (SSSR count). The summed E-state index contributed by atoms with van der Waals surface area (Å²) in [6.45, 7) is 10.9. The summed E-state index contributed by atoms with van der Waals surface area (Å²) in [5.41, 5.74) is -0.147. The van der Waals surface area contributed by atoms with Crippen molar-refractivity contribution in [3.63, 3.8) is 0 Å². The van der Waals surface area contributed by atoms with Gasteiger partial charge in [-0.25, -0.2) is 0 Å². The van der Waals surface area contributed by atoms with Gasteiger partial charge in [-0.1, -0.05) is 47.0 Å². The van der Waals surface area contributed by atoms with E-state index in [9.17, 15) is 4.79 Å². The van der Waals surface area contributed by atoms with Crippen LogP contribution in [0, 0.1) is 11.3 Å².